The zero-order valence-corrected chi connectivity index (χ0v) is 15.1. The Kier molecular flexibility index (Phi) is 4.55. The molecule has 0 aliphatic carbocycles. The first-order valence-electron chi connectivity index (χ1n) is 8.53. The van der Waals surface area contributed by atoms with Crippen molar-refractivity contribution in [2.75, 3.05) is 25.1 Å². The monoisotopic (exact) mass is 374 g/mol. The molecule has 1 amide bonds. The van der Waals surface area contributed by atoms with Crippen LogP contribution in [0.15, 0.2) is 24.4 Å². The van der Waals surface area contributed by atoms with Gasteiger partial charge in [-0.3, -0.25) is 4.79 Å². The molecule has 7 nitrogen and oxygen atoms in total. The molecule has 1 fully saturated rings. The number of halogens is 1. The van der Waals surface area contributed by atoms with Crippen LogP contribution in [0.1, 0.15) is 28.9 Å². The van der Waals surface area contributed by atoms with Crippen molar-refractivity contribution in [2.45, 2.75) is 25.5 Å². The summed E-state index contributed by atoms with van der Waals surface area (Å²) in [6, 6.07) is 5.36. The van der Waals surface area contributed by atoms with Crippen LogP contribution in [0.25, 0.3) is 0 Å². The molecule has 2 aliphatic rings. The lowest BCUT2D eigenvalue weighted by Crippen LogP contribution is -2.39. The predicted octanol–water partition coefficient (Wildman–Crippen LogP) is 2.43. The second kappa shape index (κ2) is 6.99. The molecule has 0 spiro atoms. The fourth-order valence-electron chi connectivity index (χ4n) is 3.26. The van der Waals surface area contributed by atoms with Crippen LogP contribution in [0.4, 0.5) is 5.82 Å². The van der Waals surface area contributed by atoms with Gasteiger partial charge in [0.1, 0.15) is 17.7 Å². The minimum atomic E-state index is -0.110. The number of nitrogens with zero attached hydrogens (tertiary/aromatic N) is 3. The molecule has 8 heteroatoms. The minimum Gasteiger partial charge on any atom is -0.489 e. The highest BCUT2D eigenvalue weighted by atomic mass is 35.5. The number of pyridine rings is 2. The summed E-state index contributed by atoms with van der Waals surface area (Å²) >= 11 is 6.37. The maximum Gasteiger partial charge on any atom is 0.253 e. The highest BCUT2D eigenvalue weighted by molar-refractivity contribution is 6.33. The number of hydrogen-bond donors (Lipinski definition) is 1. The van der Waals surface area contributed by atoms with Crippen molar-refractivity contribution >= 4 is 23.3 Å². The maximum atomic E-state index is 11.7. The van der Waals surface area contributed by atoms with E-state index in [1.54, 1.807) is 25.4 Å². The first-order valence-corrected chi connectivity index (χ1v) is 8.91. The van der Waals surface area contributed by atoms with Crippen LogP contribution in [0.3, 0.4) is 0 Å². The van der Waals surface area contributed by atoms with Crippen LogP contribution in [0.2, 0.25) is 5.02 Å². The molecule has 136 valence electrons. The van der Waals surface area contributed by atoms with E-state index < -0.39 is 0 Å². The molecule has 0 unspecified atom stereocenters. The smallest absolute Gasteiger partial charge is 0.253 e. The van der Waals surface area contributed by atoms with Gasteiger partial charge in [-0.05, 0) is 12.1 Å². The largest absolute Gasteiger partial charge is 0.489 e. The zero-order valence-electron chi connectivity index (χ0n) is 14.4. The molecule has 2 aromatic rings. The van der Waals surface area contributed by atoms with Gasteiger partial charge in [-0.1, -0.05) is 11.6 Å². The van der Waals surface area contributed by atoms with Gasteiger partial charge in [0.25, 0.3) is 5.91 Å². The van der Waals surface area contributed by atoms with Crippen LogP contribution < -0.4 is 19.7 Å². The van der Waals surface area contributed by atoms with E-state index in [-0.39, 0.29) is 12.0 Å². The van der Waals surface area contributed by atoms with Crippen molar-refractivity contribution < 1.29 is 14.3 Å². The fraction of sp³-hybridized carbons (Fsp3) is 0.389. The van der Waals surface area contributed by atoms with Gasteiger partial charge < -0.3 is 19.7 Å². The number of ether oxygens (including phenoxy) is 2. The zero-order chi connectivity index (χ0) is 18.1. The topological polar surface area (TPSA) is 76.6 Å². The first kappa shape index (κ1) is 16.9. The molecule has 4 heterocycles. The Bertz CT molecular complexity index is 820. The Morgan fingerprint density at radius 1 is 1.31 bits per heavy atom. The summed E-state index contributed by atoms with van der Waals surface area (Å²) in [6.07, 6.45) is 3.52. The number of fused-ring (bicyclic) bond motifs is 1. The fourth-order valence-corrected chi connectivity index (χ4v) is 3.53. The van der Waals surface area contributed by atoms with Crippen molar-refractivity contribution in [1.82, 2.24) is 15.3 Å². The number of hydrogen-bond acceptors (Lipinski definition) is 6. The summed E-state index contributed by atoms with van der Waals surface area (Å²) in [4.78, 5) is 22.6. The summed E-state index contributed by atoms with van der Waals surface area (Å²) in [5.41, 5.74) is 1.33. The average molecular weight is 375 g/mol. The van der Waals surface area contributed by atoms with Crippen LogP contribution in [0, 0.1) is 0 Å². The second-order valence-electron chi connectivity index (χ2n) is 6.31. The number of carbonyl (C=O) groups excluding carboxylic acids is 1. The molecule has 2 aliphatic heterocycles. The maximum absolute atomic E-state index is 11.7. The normalized spacial score (nSPS) is 17.0. The van der Waals surface area contributed by atoms with E-state index in [0.717, 1.165) is 43.2 Å². The van der Waals surface area contributed by atoms with Crippen LogP contribution in [0.5, 0.6) is 11.6 Å². The first-order chi connectivity index (χ1) is 12.6. The van der Waals surface area contributed by atoms with E-state index in [4.69, 9.17) is 21.1 Å². The standard InChI is InChI=1S/C18H19ClN4O3/c1-25-16-3-2-12(9-20-16)26-11-4-6-23(7-5-11)17-14(19)8-13-15(22-17)10-21-18(13)24/h2-3,8-9,11H,4-7,10H2,1H3,(H,21,24). The molecule has 2 aromatic heterocycles. The molecule has 0 aromatic carbocycles. The molecule has 0 radical (unpaired) electrons. The van der Waals surface area contributed by atoms with Crippen molar-refractivity contribution in [1.29, 1.82) is 0 Å². The number of anilines is 1. The van der Waals surface area contributed by atoms with Crippen molar-refractivity contribution in [3.05, 3.63) is 40.7 Å². The van der Waals surface area contributed by atoms with E-state index in [2.05, 4.69) is 20.2 Å². The second-order valence-corrected chi connectivity index (χ2v) is 6.72. The van der Waals surface area contributed by atoms with Gasteiger partial charge in [-0.2, -0.15) is 0 Å². The molecule has 26 heavy (non-hydrogen) atoms. The van der Waals surface area contributed by atoms with E-state index in [1.807, 2.05) is 6.07 Å². The summed E-state index contributed by atoms with van der Waals surface area (Å²) in [6.45, 7) is 2.05. The lowest BCUT2D eigenvalue weighted by Gasteiger charge is -2.33. The lowest BCUT2D eigenvalue weighted by atomic mass is 10.1. The van der Waals surface area contributed by atoms with Gasteiger partial charge >= 0.3 is 0 Å². The highest BCUT2D eigenvalue weighted by Crippen LogP contribution is 2.31. The third-order valence-electron chi connectivity index (χ3n) is 4.66. The number of aromatic nitrogens is 2. The number of nitrogens with one attached hydrogen (secondary N) is 1. The summed E-state index contributed by atoms with van der Waals surface area (Å²) < 4.78 is 11.1. The van der Waals surface area contributed by atoms with Gasteiger partial charge in [0, 0.05) is 32.0 Å². The lowest BCUT2D eigenvalue weighted by molar-refractivity contribution is 0.0965. The molecular weight excluding hydrogens is 356 g/mol. The quantitative estimate of drug-likeness (QED) is 0.885. The summed E-state index contributed by atoms with van der Waals surface area (Å²) in [5, 5.41) is 3.28. The third kappa shape index (κ3) is 3.26. The van der Waals surface area contributed by atoms with Crippen LogP contribution >= 0.6 is 11.6 Å². The molecular formula is C18H19ClN4O3. The average Bonchev–Trinajstić information content (AvgIpc) is 3.02. The van der Waals surface area contributed by atoms with Gasteiger partial charge in [0.05, 0.1) is 36.1 Å². The van der Waals surface area contributed by atoms with Crippen LogP contribution in [-0.2, 0) is 6.54 Å². The predicted molar refractivity (Wildman–Crippen MR) is 97.1 cm³/mol. The Balaban J connectivity index is 1.40. The van der Waals surface area contributed by atoms with Gasteiger partial charge in [0.15, 0.2) is 0 Å². The molecule has 1 saturated heterocycles. The number of piperidine rings is 1. The van der Waals surface area contributed by atoms with E-state index in [0.29, 0.717) is 23.0 Å². The van der Waals surface area contributed by atoms with Crippen molar-refractivity contribution in [3.63, 3.8) is 0 Å². The molecule has 0 saturated carbocycles. The number of amides is 1. The van der Waals surface area contributed by atoms with Crippen molar-refractivity contribution in [3.8, 4) is 11.6 Å². The van der Waals surface area contributed by atoms with Crippen LogP contribution in [-0.4, -0.2) is 42.2 Å². The Labute approximate surface area is 156 Å². The van der Waals surface area contributed by atoms with E-state index >= 15 is 0 Å². The van der Waals surface area contributed by atoms with Gasteiger partial charge in [0.2, 0.25) is 5.88 Å². The molecule has 0 atom stereocenters. The molecule has 1 N–H and O–H groups in total. The van der Waals surface area contributed by atoms with Crippen molar-refractivity contribution in [2.24, 2.45) is 0 Å². The molecule has 0 bridgehead atoms. The Morgan fingerprint density at radius 3 is 2.81 bits per heavy atom. The van der Waals surface area contributed by atoms with E-state index in [1.165, 1.54) is 0 Å². The van der Waals surface area contributed by atoms with E-state index in [9.17, 15) is 4.79 Å². The summed E-state index contributed by atoms with van der Waals surface area (Å²) in [5.74, 6) is 1.94. The summed E-state index contributed by atoms with van der Waals surface area (Å²) in [7, 11) is 1.59. The Hall–Kier alpha value is -2.54. The SMILES string of the molecule is COc1ccc(OC2CCN(c3nc4c(cc3Cl)C(=O)NC4)CC2)cn1. The van der Waals surface area contributed by atoms with Gasteiger partial charge in [-0.15, -0.1) is 0 Å². The number of rotatable bonds is 4. The Morgan fingerprint density at radius 2 is 2.12 bits per heavy atom. The third-order valence-corrected chi connectivity index (χ3v) is 4.94. The molecule has 4 rings (SSSR count). The number of methoxy groups -OCH3 is 1. The van der Waals surface area contributed by atoms with Gasteiger partial charge in [-0.25, -0.2) is 9.97 Å². The number of carbonyl (C=O) groups is 1. The highest BCUT2D eigenvalue weighted by Gasteiger charge is 2.27. The minimum absolute atomic E-state index is 0.110.